The minimum atomic E-state index is -0.322. The quantitative estimate of drug-likeness (QED) is 0.814. The number of carbonyl (C=O) groups is 1. The van der Waals surface area contributed by atoms with E-state index in [9.17, 15) is 4.79 Å². The molecule has 1 aromatic heterocycles. The van der Waals surface area contributed by atoms with Crippen molar-refractivity contribution in [2.75, 3.05) is 24.7 Å². The zero-order valence-electron chi connectivity index (χ0n) is 12.1. The summed E-state index contributed by atoms with van der Waals surface area (Å²) in [6.45, 7) is 3.28. The maximum absolute atomic E-state index is 11.8. The number of thiophene rings is 1. The van der Waals surface area contributed by atoms with Gasteiger partial charge in [-0.05, 0) is 37.0 Å². The molecule has 2 aliphatic rings. The van der Waals surface area contributed by atoms with Crippen molar-refractivity contribution in [3.05, 3.63) is 10.4 Å². The molecule has 0 saturated heterocycles. The van der Waals surface area contributed by atoms with Crippen LogP contribution >= 0.6 is 11.3 Å². The van der Waals surface area contributed by atoms with Crippen LogP contribution in [0, 0.1) is 5.41 Å². The summed E-state index contributed by atoms with van der Waals surface area (Å²) in [5.74, 6) is 0.207. The van der Waals surface area contributed by atoms with Gasteiger partial charge < -0.3 is 15.8 Å². The first kappa shape index (κ1) is 13.7. The van der Waals surface area contributed by atoms with Crippen LogP contribution in [0.15, 0.2) is 0 Å². The number of rotatable bonds is 5. The van der Waals surface area contributed by atoms with Gasteiger partial charge in [0, 0.05) is 12.1 Å². The number of ether oxygens (including phenoxy) is 1. The number of nitrogen functional groups attached to an aromatic ring is 1. The maximum atomic E-state index is 11.8. The lowest BCUT2D eigenvalue weighted by Gasteiger charge is -2.38. The lowest BCUT2D eigenvalue weighted by molar-refractivity contribution is 0.0607. The molecular weight excluding hydrogens is 272 g/mol. The number of nitrogens with two attached hydrogens (primary N) is 1. The van der Waals surface area contributed by atoms with Crippen LogP contribution in [-0.4, -0.2) is 19.6 Å². The summed E-state index contributed by atoms with van der Waals surface area (Å²) in [7, 11) is 1.40. The summed E-state index contributed by atoms with van der Waals surface area (Å²) in [4.78, 5) is 12.3. The average molecular weight is 294 g/mol. The van der Waals surface area contributed by atoms with E-state index in [1.165, 1.54) is 50.6 Å². The molecule has 2 aliphatic carbocycles. The van der Waals surface area contributed by atoms with Crippen LogP contribution in [0.3, 0.4) is 0 Å². The molecule has 1 heterocycles. The van der Waals surface area contributed by atoms with Crippen LogP contribution in [0.5, 0.6) is 0 Å². The zero-order valence-corrected chi connectivity index (χ0v) is 12.9. The van der Waals surface area contributed by atoms with Gasteiger partial charge >= 0.3 is 5.97 Å². The molecule has 5 heteroatoms. The summed E-state index contributed by atoms with van der Waals surface area (Å²) in [5, 5.41) is 4.63. The fourth-order valence-corrected chi connectivity index (χ4v) is 3.98. The minimum Gasteiger partial charge on any atom is -0.465 e. The molecule has 0 radical (unpaired) electrons. The normalized spacial score (nSPS) is 20.3. The van der Waals surface area contributed by atoms with E-state index in [1.807, 2.05) is 0 Å². The lowest BCUT2D eigenvalue weighted by atomic mass is 9.70. The highest BCUT2D eigenvalue weighted by molar-refractivity contribution is 7.18. The Morgan fingerprint density at radius 2 is 2.20 bits per heavy atom. The SMILES string of the molecule is COC(=O)c1sc(NCC2(C)CCC2)c(C2CC2)c1N. The van der Waals surface area contributed by atoms with Crippen molar-refractivity contribution in [3.63, 3.8) is 0 Å². The number of methoxy groups -OCH3 is 1. The van der Waals surface area contributed by atoms with Crippen LogP contribution in [-0.2, 0) is 4.74 Å². The fraction of sp³-hybridized carbons (Fsp3) is 0.667. The highest BCUT2D eigenvalue weighted by Gasteiger charge is 2.35. The predicted molar refractivity (Wildman–Crippen MR) is 82.5 cm³/mol. The fourth-order valence-electron chi connectivity index (χ4n) is 2.86. The van der Waals surface area contributed by atoms with E-state index in [-0.39, 0.29) is 5.97 Å². The van der Waals surface area contributed by atoms with Crippen LogP contribution in [0.25, 0.3) is 0 Å². The zero-order chi connectivity index (χ0) is 14.3. The third-order valence-electron chi connectivity index (χ3n) is 4.58. The molecule has 0 amide bonds. The molecule has 110 valence electrons. The first-order valence-electron chi connectivity index (χ1n) is 7.28. The maximum Gasteiger partial charge on any atom is 0.350 e. The van der Waals surface area contributed by atoms with Gasteiger partial charge in [0.05, 0.1) is 17.8 Å². The molecular formula is C15H22N2O2S. The van der Waals surface area contributed by atoms with E-state index in [0.717, 1.165) is 17.1 Å². The molecule has 0 spiro atoms. The number of esters is 1. The van der Waals surface area contributed by atoms with Crippen LogP contribution in [0.2, 0.25) is 0 Å². The number of carbonyl (C=O) groups excluding carboxylic acids is 1. The van der Waals surface area contributed by atoms with Crippen molar-refractivity contribution < 1.29 is 9.53 Å². The van der Waals surface area contributed by atoms with E-state index < -0.39 is 0 Å². The average Bonchev–Trinajstić information content (AvgIpc) is 3.18. The lowest BCUT2D eigenvalue weighted by Crippen LogP contribution is -2.33. The second kappa shape index (κ2) is 4.95. The van der Waals surface area contributed by atoms with Gasteiger partial charge in [0.2, 0.25) is 0 Å². The molecule has 2 fully saturated rings. The monoisotopic (exact) mass is 294 g/mol. The number of anilines is 2. The largest absolute Gasteiger partial charge is 0.465 e. The number of nitrogens with one attached hydrogen (secondary N) is 1. The summed E-state index contributed by atoms with van der Waals surface area (Å²) >= 11 is 1.45. The second-order valence-electron chi connectivity index (χ2n) is 6.37. The van der Waals surface area contributed by atoms with Crippen molar-refractivity contribution in [2.24, 2.45) is 5.41 Å². The minimum absolute atomic E-state index is 0.322. The van der Waals surface area contributed by atoms with Gasteiger partial charge in [-0.1, -0.05) is 13.3 Å². The van der Waals surface area contributed by atoms with E-state index >= 15 is 0 Å². The number of hydrogen-bond donors (Lipinski definition) is 2. The van der Waals surface area contributed by atoms with Gasteiger partial charge in [0.1, 0.15) is 4.88 Å². The van der Waals surface area contributed by atoms with E-state index in [0.29, 0.717) is 21.9 Å². The van der Waals surface area contributed by atoms with Gasteiger partial charge in [0.25, 0.3) is 0 Å². The first-order chi connectivity index (χ1) is 9.54. The van der Waals surface area contributed by atoms with Crippen molar-refractivity contribution in [2.45, 2.75) is 44.9 Å². The summed E-state index contributed by atoms with van der Waals surface area (Å²) in [6, 6.07) is 0. The van der Waals surface area contributed by atoms with Crippen molar-refractivity contribution >= 4 is 28.0 Å². The van der Waals surface area contributed by atoms with Gasteiger partial charge in [-0.15, -0.1) is 11.3 Å². The van der Waals surface area contributed by atoms with Gasteiger partial charge in [-0.25, -0.2) is 4.79 Å². The van der Waals surface area contributed by atoms with Crippen LogP contribution in [0.4, 0.5) is 10.7 Å². The highest BCUT2D eigenvalue weighted by Crippen LogP contribution is 2.51. The van der Waals surface area contributed by atoms with Gasteiger partial charge in [-0.3, -0.25) is 0 Å². The molecule has 0 aromatic carbocycles. The summed E-state index contributed by atoms with van der Waals surface area (Å²) < 4.78 is 4.83. The third kappa shape index (κ3) is 2.39. The Morgan fingerprint density at radius 1 is 1.50 bits per heavy atom. The molecule has 3 rings (SSSR count). The Balaban J connectivity index is 1.82. The Morgan fingerprint density at radius 3 is 2.70 bits per heavy atom. The Bertz CT molecular complexity index is 530. The molecule has 1 aromatic rings. The van der Waals surface area contributed by atoms with Crippen molar-refractivity contribution in [1.82, 2.24) is 0 Å². The smallest absolute Gasteiger partial charge is 0.350 e. The molecule has 20 heavy (non-hydrogen) atoms. The number of hydrogen-bond acceptors (Lipinski definition) is 5. The highest BCUT2D eigenvalue weighted by atomic mass is 32.1. The molecule has 0 bridgehead atoms. The van der Waals surface area contributed by atoms with Gasteiger partial charge in [-0.2, -0.15) is 0 Å². The molecule has 0 atom stereocenters. The molecule has 0 unspecified atom stereocenters. The van der Waals surface area contributed by atoms with Crippen LogP contribution < -0.4 is 11.1 Å². The molecule has 4 nitrogen and oxygen atoms in total. The Kier molecular flexibility index (Phi) is 3.40. The van der Waals surface area contributed by atoms with Gasteiger partial charge in [0.15, 0.2) is 0 Å². The third-order valence-corrected chi connectivity index (χ3v) is 5.74. The summed E-state index contributed by atoms with van der Waals surface area (Å²) in [6.07, 6.45) is 6.24. The van der Waals surface area contributed by atoms with Crippen molar-refractivity contribution in [3.8, 4) is 0 Å². The van der Waals surface area contributed by atoms with E-state index in [1.54, 1.807) is 0 Å². The van der Waals surface area contributed by atoms with E-state index in [4.69, 9.17) is 10.5 Å². The topological polar surface area (TPSA) is 64.3 Å². The van der Waals surface area contributed by atoms with E-state index in [2.05, 4.69) is 12.2 Å². The Hall–Kier alpha value is -1.23. The second-order valence-corrected chi connectivity index (χ2v) is 7.39. The molecule has 3 N–H and O–H groups in total. The Labute approximate surface area is 123 Å². The summed E-state index contributed by atoms with van der Waals surface area (Å²) in [5.41, 5.74) is 8.37. The van der Waals surface area contributed by atoms with Crippen molar-refractivity contribution in [1.29, 1.82) is 0 Å². The standard InChI is InChI=1S/C15H22N2O2S/c1-15(6-3-7-15)8-17-13-10(9-4-5-9)11(16)12(20-13)14(18)19-2/h9,17H,3-8,16H2,1-2H3. The first-order valence-corrected chi connectivity index (χ1v) is 8.10. The predicted octanol–water partition coefficient (Wildman–Crippen LogP) is 3.60. The van der Waals surface area contributed by atoms with Crippen LogP contribution in [0.1, 0.15) is 60.2 Å². The molecule has 2 saturated carbocycles. The molecule has 0 aliphatic heterocycles.